The zero-order valence-corrected chi connectivity index (χ0v) is 15.6. The van der Waals surface area contributed by atoms with Gasteiger partial charge < -0.3 is 0 Å². The Balaban J connectivity index is 1.64. The van der Waals surface area contributed by atoms with Gasteiger partial charge in [-0.1, -0.05) is 45.2 Å². The Kier molecular flexibility index (Phi) is 2.93. The van der Waals surface area contributed by atoms with Gasteiger partial charge in [0.15, 0.2) is 0 Å². The fourth-order valence-corrected chi connectivity index (χ4v) is 7.49. The molecule has 102 valence electrons. The smallest absolute Gasteiger partial charge is 0.0223 e. The average molecular weight is 470 g/mol. The van der Waals surface area contributed by atoms with Gasteiger partial charge in [0.1, 0.15) is 0 Å². The molecule has 0 atom stereocenters. The van der Waals surface area contributed by atoms with Gasteiger partial charge in [0.2, 0.25) is 0 Å². The molecule has 2 heteroatoms. The van der Waals surface area contributed by atoms with Crippen molar-refractivity contribution < 1.29 is 0 Å². The standard InChI is InChI=1S/C16H24I2/c17-15-7-1-13(2-8-15,3-9-15)14-4-10-16(18,11-5-14)12-6-14/h1-12H2. The minimum absolute atomic E-state index is 0.715. The number of alkyl halides is 2. The Labute approximate surface area is 139 Å². The molecule has 18 heavy (non-hydrogen) atoms. The van der Waals surface area contributed by atoms with Crippen LogP contribution in [0.15, 0.2) is 0 Å². The van der Waals surface area contributed by atoms with Crippen LogP contribution < -0.4 is 0 Å². The van der Waals surface area contributed by atoms with Crippen molar-refractivity contribution in [2.45, 2.75) is 83.9 Å². The third-order valence-corrected chi connectivity index (χ3v) is 10.7. The Bertz CT molecular complexity index is 288. The first-order valence-corrected chi connectivity index (χ1v) is 10.0. The molecule has 0 aliphatic heterocycles. The van der Waals surface area contributed by atoms with E-state index in [9.17, 15) is 0 Å². The predicted octanol–water partition coefficient (Wildman–Crippen LogP) is 6.04. The van der Waals surface area contributed by atoms with Crippen molar-refractivity contribution in [1.29, 1.82) is 0 Å². The van der Waals surface area contributed by atoms with Gasteiger partial charge in [0.25, 0.3) is 0 Å². The molecule has 6 rings (SSSR count). The zero-order chi connectivity index (χ0) is 12.5. The van der Waals surface area contributed by atoms with Crippen molar-refractivity contribution in [1.82, 2.24) is 0 Å². The van der Waals surface area contributed by atoms with E-state index in [2.05, 4.69) is 45.2 Å². The van der Waals surface area contributed by atoms with Crippen molar-refractivity contribution in [2.75, 3.05) is 0 Å². The first kappa shape index (κ1) is 13.1. The summed E-state index contributed by atoms with van der Waals surface area (Å²) in [6.45, 7) is 0. The van der Waals surface area contributed by atoms with Gasteiger partial charge in [-0.15, -0.1) is 0 Å². The van der Waals surface area contributed by atoms with E-state index in [-0.39, 0.29) is 0 Å². The molecule has 6 aliphatic rings. The van der Waals surface area contributed by atoms with Crippen LogP contribution in [0.2, 0.25) is 0 Å². The third kappa shape index (κ3) is 1.72. The summed E-state index contributed by atoms with van der Waals surface area (Å²) in [5.74, 6) is 0. The molecular weight excluding hydrogens is 446 g/mol. The van der Waals surface area contributed by atoms with Crippen LogP contribution in [-0.2, 0) is 0 Å². The second-order valence-electron chi connectivity index (χ2n) is 7.86. The van der Waals surface area contributed by atoms with Gasteiger partial charge in [-0.25, -0.2) is 0 Å². The Morgan fingerprint density at radius 3 is 0.833 bits per heavy atom. The average Bonchev–Trinajstić information content (AvgIpc) is 2.41. The normalized spacial score (nSPS) is 59.0. The van der Waals surface area contributed by atoms with E-state index in [0.717, 1.165) is 10.8 Å². The van der Waals surface area contributed by atoms with E-state index in [0.29, 0.717) is 6.84 Å². The minimum Gasteiger partial charge on any atom is -0.0789 e. The van der Waals surface area contributed by atoms with Crippen molar-refractivity contribution in [3.05, 3.63) is 0 Å². The fraction of sp³-hybridized carbons (Fsp3) is 1.00. The minimum atomic E-state index is 0.715. The van der Waals surface area contributed by atoms with E-state index in [1.807, 2.05) is 0 Å². The van der Waals surface area contributed by atoms with E-state index in [1.165, 1.54) is 38.5 Å². The lowest BCUT2D eigenvalue weighted by Gasteiger charge is -2.65. The van der Waals surface area contributed by atoms with Crippen LogP contribution >= 0.6 is 45.2 Å². The summed E-state index contributed by atoms with van der Waals surface area (Å²) >= 11 is 5.59. The second kappa shape index (κ2) is 4.01. The maximum Gasteiger partial charge on any atom is 0.0223 e. The van der Waals surface area contributed by atoms with E-state index in [1.54, 1.807) is 38.5 Å². The maximum atomic E-state index is 2.80. The molecule has 0 aromatic rings. The topological polar surface area (TPSA) is 0 Å². The van der Waals surface area contributed by atoms with Crippen molar-refractivity contribution in [3.8, 4) is 0 Å². The lowest BCUT2D eigenvalue weighted by Crippen LogP contribution is -2.56. The highest BCUT2D eigenvalue weighted by atomic mass is 127. The molecule has 0 amide bonds. The number of halogens is 2. The highest BCUT2D eigenvalue weighted by molar-refractivity contribution is 14.1. The molecule has 0 unspecified atom stereocenters. The lowest BCUT2D eigenvalue weighted by atomic mass is 9.42. The largest absolute Gasteiger partial charge is 0.0789 e. The summed E-state index contributed by atoms with van der Waals surface area (Å²) < 4.78 is 1.43. The molecule has 0 aromatic carbocycles. The monoisotopic (exact) mass is 470 g/mol. The van der Waals surface area contributed by atoms with Gasteiger partial charge in [0, 0.05) is 6.84 Å². The molecule has 0 N–H and O–H groups in total. The highest BCUT2D eigenvalue weighted by Crippen LogP contribution is 2.71. The lowest BCUT2D eigenvalue weighted by molar-refractivity contribution is -0.103. The number of fused-ring (bicyclic) bond motifs is 6. The summed E-state index contributed by atoms with van der Waals surface area (Å²) in [4.78, 5) is 0. The first-order chi connectivity index (χ1) is 8.49. The van der Waals surface area contributed by atoms with Crippen molar-refractivity contribution in [3.63, 3.8) is 0 Å². The highest BCUT2D eigenvalue weighted by Gasteiger charge is 2.61. The van der Waals surface area contributed by atoms with E-state index < -0.39 is 0 Å². The van der Waals surface area contributed by atoms with Gasteiger partial charge >= 0.3 is 0 Å². The summed E-state index contributed by atoms with van der Waals surface area (Å²) in [5.41, 5.74) is 1.58. The molecule has 6 aliphatic carbocycles. The van der Waals surface area contributed by atoms with Crippen LogP contribution in [0, 0.1) is 10.8 Å². The number of hydrogen-bond acceptors (Lipinski definition) is 0. The Morgan fingerprint density at radius 2 is 0.611 bits per heavy atom. The van der Waals surface area contributed by atoms with Gasteiger partial charge in [-0.3, -0.25) is 0 Å². The van der Waals surface area contributed by atoms with Crippen LogP contribution in [0.5, 0.6) is 0 Å². The quantitative estimate of drug-likeness (QED) is 0.324. The molecule has 6 fully saturated rings. The summed E-state index contributed by atoms with van der Waals surface area (Å²) in [6.07, 6.45) is 18.6. The SMILES string of the molecule is IC12CCC(C34CCC(I)(CC3)CC4)(CC1)CC2. The van der Waals surface area contributed by atoms with Crippen LogP contribution in [0.1, 0.15) is 77.0 Å². The van der Waals surface area contributed by atoms with Crippen LogP contribution in [0.25, 0.3) is 0 Å². The second-order valence-corrected chi connectivity index (χ2v) is 12.4. The zero-order valence-electron chi connectivity index (χ0n) is 11.2. The molecule has 0 heterocycles. The van der Waals surface area contributed by atoms with Crippen LogP contribution in [-0.4, -0.2) is 6.84 Å². The van der Waals surface area contributed by atoms with Crippen molar-refractivity contribution >= 4 is 45.2 Å². The summed E-state index contributed by atoms with van der Waals surface area (Å²) in [5, 5.41) is 0. The van der Waals surface area contributed by atoms with Crippen LogP contribution in [0.4, 0.5) is 0 Å². The molecule has 0 radical (unpaired) electrons. The van der Waals surface area contributed by atoms with Gasteiger partial charge in [-0.2, -0.15) is 0 Å². The van der Waals surface area contributed by atoms with Crippen LogP contribution in [0.3, 0.4) is 0 Å². The molecule has 0 saturated heterocycles. The van der Waals surface area contributed by atoms with E-state index >= 15 is 0 Å². The predicted molar refractivity (Wildman–Crippen MR) is 93.8 cm³/mol. The van der Waals surface area contributed by atoms with Crippen molar-refractivity contribution in [2.24, 2.45) is 10.8 Å². The first-order valence-electron chi connectivity index (χ1n) is 7.87. The number of hydrogen-bond donors (Lipinski definition) is 0. The summed E-state index contributed by atoms with van der Waals surface area (Å²) in [6, 6.07) is 0. The molecule has 4 bridgehead atoms. The summed E-state index contributed by atoms with van der Waals surface area (Å²) in [7, 11) is 0. The molecule has 0 nitrogen and oxygen atoms in total. The number of rotatable bonds is 1. The van der Waals surface area contributed by atoms with Gasteiger partial charge in [0.05, 0.1) is 0 Å². The fourth-order valence-electron chi connectivity index (χ4n) is 5.87. The third-order valence-electron chi connectivity index (χ3n) is 7.43. The molecule has 0 spiro atoms. The maximum absolute atomic E-state index is 2.80. The molecule has 6 saturated carbocycles. The molecule has 0 aromatic heterocycles. The Hall–Kier alpha value is 1.46. The molecular formula is C16H24I2. The Morgan fingerprint density at radius 1 is 0.389 bits per heavy atom. The van der Waals surface area contributed by atoms with Gasteiger partial charge in [-0.05, 0) is 87.9 Å². The van der Waals surface area contributed by atoms with E-state index in [4.69, 9.17) is 0 Å².